The molecule has 1 aliphatic rings. The second-order valence-corrected chi connectivity index (χ2v) is 7.10. The zero-order valence-electron chi connectivity index (χ0n) is 16.7. The number of anilines is 1. The molecular weight excluding hydrogens is 383 g/mol. The van der Waals surface area contributed by atoms with E-state index in [0.717, 1.165) is 5.56 Å². The average molecular weight is 408 g/mol. The molecule has 2 aromatic rings. The number of hydrogen-bond donors (Lipinski definition) is 2. The van der Waals surface area contributed by atoms with Crippen molar-refractivity contribution in [2.24, 2.45) is 0 Å². The monoisotopic (exact) mass is 408 g/mol. The molecule has 1 atom stereocenters. The van der Waals surface area contributed by atoms with Gasteiger partial charge in [0.1, 0.15) is 11.9 Å². The fourth-order valence-corrected chi connectivity index (χ4v) is 3.50. The second kappa shape index (κ2) is 10.5. The molecule has 1 fully saturated rings. The Bertz CT molecular complexity index is 888. The Morgan fingerprint density at radius 1 is 1.03 bits per heavy atom. The van der Waals surface area contributed by atoms with Gasteiger partial charge in [-0.15, -0.1) is 6.42 Å². The predicted octanol–water partition coefficient (Wildman–Crippen LogP) is 1.87. The van der Waals surface area contributed by atoms with E-state index in [-0.39, 0.29) is 30.7 Å². The first kappa shape index (κ1) is 21.5. The van der Waals surface area contributed by atoms with Gasteiger partial charge in [-0.3, -0.25) is 19.4 Å². The van der Waals surface area contributed by atoms with Crippen LogP contribution in [0.15, 0.2) is 54.6 Å². The highest BCUT2D eigenvalue weighted by Crippen LogP contribution is 2.24. The summed E-state index contributed by atoms with van der Waals surface area (Å²) in [6.45, 7) is 3.11. The van der Waals surface area contributed by atoms with Crippen molar-refractivity contribution in [3.05, 3.63) is 66.0 Å². The summed E-state index contributed by atoms with van der Waals surface area (Å²) in [5.74, 6) is 1.76. The molecule has 0 aliphatic carbocycles. The first-order valence-corrected chi connectivity index (χ1v) is 9.85. The Morgan fingerprint density at radius 2 is 1.70 bits per heavy atom. The third kappa shape index (κ3) is 5.89. The highest BCUT2D eigenvalue weighted by Gasteiger charge is 2.31. The highest BCUT2D eigenvalue weighted by atomic mass is 19.1. The SMILES string of the molecule is C#CCNC(=O)CN1CCN(C(C(=O)Nc2ccc(F)cc2)c2ccccc2)CC1. The van der Waals surface area contributed by atoms with Crippen molar-refractivity contribution in [1.29, 1.82) is 0 Å². The minimum absolute atomic E-state index is 0.102. The van der Waals surface area contributed by atoms with Crippen molar-refractivity contribution >= 4 is 17.5 Å². The molecular formula is C23H25FN4O2. The second-order valence-electron chi connectivity index (χ2n) is 7.10. The topological polar surface area (TPSA) is 64.7 Å². The third-order valence-corrected chi connectivity index (χ3v) is 5.00. The lowest BCUT2D eigenvalue weighted by Crippen LogP contribution is -2.52. The van der Waals surface area contributed by atoms with E-state index in [1.807, 2.05) is 35.2 Å². The molecule has 2 aromatic carbocycles. The zero-order chi connectivity index (χ0) is 21.3. The number of nitrogens with one attached hydrogen (secondary N) is 2. The first-order chi connectivity index (χ1) is 14.6. The molecule has 2 amide bonds. The molecule has 1 saturated heterocycles. The van der Waals surface area contributed by atoms with Gasteiger partial charge in [0.05, 0.1) is 13.1 Å². The minimum atomic E-state index is -0.478. The Labute approximate surface area is 176 Å². The van der Waals surface area contributed by atoms with Gasteiger partial charge in [-0.25, -0.2) is 4.39 Å². The predicted molar refractivity (Wildman–Crippen MR) is 114 cm³/mol. The molecule has 156 valence electrons. The van der Waals surface area contributed by atoms with Gasteiger partial charge in [-0.05, 0) is 29.8 Å². The van der Waals surface area contributed by atoms with E-state index in [1.54, 1.807) is 12.1 Å². The number of rotatable bonds is 7. The summed E-state index contributed by atoms with van der Waals surface area (Å²) < 4.78 is 13.2. The van der Waals surface area contributed by atoms with Crippen LogP contribution in [-0.4, -0.2) is 60.9 Å². The maximum Gasteiger partial charge on any atom is 0.246 e. The van der Waals surface area contributed by atoms with Crippen LogP contribution >= 0.6 is 0 Å². The van der Waals surface area contributed by atoms with Crippen molar-refractivity contribution < 1.29 is 14.0 Å². The molecule has 1 unspecified atom stereocenters. The van der Waals surface area contributed by atoms with Crippen molar-refractivity contribution in [3.63, 3.8) is 0 Å². The fraction of sp³-hybridized carbons (Fsp3) is 0.304. The molecule has 6 nitrogen and oxygen atoms in total. The Balaban J connectivity index is 1.66. The van der Waals surface area contributed by atoms with Crippen LogP contribution in [0.3, 0.4) is 0 Å². The summed E-state index contributed by atoms with van der Waals surface area (Å²) in [6.07, 6.45) is 5.17. The molecule has 0 saturated carbocycles. The van der Waals surface area contributed by atoms with Crippen LogP contribution < -0.4 is 10.6 Å². The Kier molecular flexibility index (Phi) is 7.55. The summed E-state index contributed by atoms with van der Waals surface area (Å²) in [5.41, 5.74) is 1.43. The van der Waals surface area contributed by atoms with Gasteiger partial charge in [0.2, 0.25) is 11.8 Å². The average Bonchev–Trinajstić information content (AvgIpc) is 2.76. The van der Waals surface area contributed by atoms with Gasteiger partial charge in [0.25, 0.3) is 0 Å². The van der Waals surface area contributed by atoms with E-state index in [0.29, 0.717) is 31.9 Å². The van der Waals surface area contributed by atoms with Crippen molar-refractivity contribution in [2.45, 2.75) is 6.04 Å². The quantitative estimate of drug-likeness (QED) is 0.687. The van der Waals surface area contributed by atoms with Gasteiger partial charge >= 0.3 is 0 Å². The van der Waals surface area contributed by atoms with Crippen molar-refractivity contribution in [2.75, 3.05) is 44.6 Å². The van der Waals surface area contributed by atoms with Crippen molar-refractivity contribution in [1.82, 2.24) is 15.1 Å². The lowest BCUT2D eigenvalue weighted by molar-refractivity contribution is -0.125. The largest absolute Gasteiger partial charge is 0.344 e. The lowest BCUT2D eigenvalue weighted by atomic mass is 10.0. The van der Waals surface area contributed by atoms with E-state index in [2.05, 4.69) is 21.5 Å². The minimum Gasteiger partial charge on any atom is -0.344 e. The molecule has 2 N–H and O–H groups in total. The van der Waals surface area contributed by atoms with Gasteiger partial charge < -0.3 is 10.6 Å². The molecule has 30 heavy (non-hydrogen) atoms. The zero-order valence-corrected chi connectivity index (χ0v) is 16.7. The van der Waals surface area contributed by atoms with Gasteiger partial charge in [-0.1, -0.05) is 36.3 Å². The van der Waals surface area contributed by atoms with E-state index >= 15 is 0 Å². The molecule has 0 radical (unpaired) electrons. The maximum atomic E-state index is 13.2. The molecule has 0 bridgehead atoms. The Hall–Kier alpha value is -3.21. The molecule has 0 aromatic heterocycles. The third-order valence-electron chi connectivity index (χ3n) is 5.00. The van der Waals surface area contributed by atoms with Gasteiger partial charge in [0, 0.05) is 31.9 Å². The molecule has 7 heteroatoms. The molecule has 0 spiro atoms. The number of nitrogens with zero attached hydrogens (tertiary/aromatic N) is 2. The fourth-order valence-electron chi connectivity index (χ4n) is 3.50. The molecule has 1 aliphatic heterocycles. The maximum absolute atomic E-state index is 13.2. The molecule has 1 heterocycles. The van der Waals surface area contributed by atoms with Crippen molar-refractivity contribution in [3.8, 4) is 12.3 Å². The first-order valence-electron chi connectivity index (χ1n) is 9.85. The van der Waals surface area contributed by atoms with Gasteiger partial charge in [-0.2, -0.15) is 0 Å². The van der Waals surface area contributed by atoms with Crippen LogP contribution in [0.4, 0.5) is 10.1 Å². The van der Waals surface area contributed by atoms with Crippen LogP contribution in [0.25, 0.3) is 0 Å². The number of terminal acetylenes is 1. The number of carbonyl (C=O) groups excluding carboxylic acids is 2. The standard InChI is InChI=1S/C23H25FN4O2/c1-2-12-25-21(29)17-27-13-15-28(16-14-27)22(18-6-4-3-5-7-18)23(30)26-20-10-8-19(24)9-11-20/h1,3-11,22H,12-17H2,(H,25,29)(H,26,30). The number of benzene rings is 2. The summed E-state index contributed by atoms with van der Waals surface area (Å²) in [4.78, 5) is 29.2. The number of carbonyl (C=O) groups is 2. The summed E-state index contributed by atoms with van der Waals surface area (Å²) in [7, 11) is 0. The van der Waals surface area contributed by atoms with E-state index in [4.69, 9.17) is 6.42 Å². The van der Waals surface area contributed by atoms with Crippen LogP contribution in [0.2, 0.25) is 0 Å². The summed E-state index contributed by atoms with van der Waals surface area (Å²) in [6, 6.07) is 14.8. The highest BCUT2D eigenvalue weighted by molar-refractivity contribution is 5.95. The number of hydrogen-bond acceptors (Lipinski definition) is 4. The van der Waals surface area contributed by atoms with Crippen LogP contribution in [0.5, 0.6) is 0 Å². The van der Waals surface area contributed by atoms with Crippen LogP contribution in [0.1, 0.15) is 11.6 Å². The normalized spacial score (nSPS) is 15.7. The smallest absolute Gasteiger partial charge is 0.246 e. The van der Waals surface area contributed by atoms with Crippen LogP contribution in [-0.2, 0) is 9.59 Å². The number of halogens is 1. The van der Waals surface area contributed by atoms with E-state index in [9.17, 15) is 14.0 Å². The number of piperazine rings is 1. The lowest BCUT2D eigenvalue weighted by Gasteiger charge is -2.38. The Morgan fingerprint density at radius 3 is 2.33 bits per heavy atom. The summed E-state index contributed by atoms with van der Waals surface area (Å²) >= 11 is 0. The van der Waals surface area contributed by atoms with Gasteiger partial charge in [0.15, 0.2) is 0 Å². The number of amides is 2. The molecule has 3 rings (SSSR count). The van der Waals surface area contributed by atoms with E-state index < -0.39 is 6.04 Å². The van der Waals surface area contributed by atoms with Crippen LogP contribution in [0, 0.1) is 18.2 Å². The summed E-state index contributed by atoms with van der Waals surface area (Å²) in [5, 5.41) is 5.56. The van der Waals surface area contributed by atoms with E-state index in [1.165, 1.54) is 12.1 Å².